The van der Waals surface area contributed by atoms with Gasteiger partial charge >= 0.3 is 12.1 Å². The standard InChI is InChI=1S/C24H28N4O8S.C17H19NO3/c1-5-35-23(31)20-14(2)12-16-21(15(20)3)22(30)28(19(27-16)13-36-24(32)26-10-11-29)17-8-6-7-9-18(17)37(33,34)25-4;1-18-7-6-17-10-3-5-13(20)16(17)21-15-12(19)4-2-9(14(15)17)8-11(10)18/h6-9,12,25,29H,5,10-11,13H2,1-4H3,(H,26,32);2-5,10-11,13,16,19-20H,6-8H2,1H3/t;10-,11+,13-,16-,17-/m.0/s1. The van der Waals surface area contributed by atoms with Gasteiger partial charge in [0.2, 0.25) is 10.0 Å². The van der Waals surface area contributed by atoms with Gasteiger partial charge in [-0.05, 0) is 95.2 Å². The molecule has 0 saturated carbocycles. The quantitative estimate of drug-likeness (QED) is 0.121. The lowest BCUT2D eigenvalue weighted by molar-refractivity contribution is -0.0453. The minimum atomic E-state index is -4.01. The van der Waals surface area contributed by atoms with Crippen molar-refractivity contribution in [3.63, 3.8) is 0 Å². The van der Waals surface area contributed by atoms with Crippen LogP contribution in [0.15, 0.2) is 64.3 Å². The van der Waals surface area contributed by atoms with Crippen LogP contribution in [0.3, 0.4) is 0 Å². The van der Waals surface area contributed by atoms with E-state index in [0.717, 1.165) is 24.0 Å². The molecule has 4 aliphatic rings. The number of rotatable bonds is 9. The summed E-state index contributed by atoms with van der Waals surface area (Å²) in [6.07, 6.45) is 4.31. The Morgan fingerprint density at radius 2 is 1.88 bits per heavy atom. The number of likely N-dealkylation sites (N-methyl/N-ethyl adjacent to an activating group) is 1. The number of aryl methyl sites for hydroxylation is 2. The number of nitrogens with zero attached hydrogens (tertiary/aromatic N) is 3. The van der Waals surface area contributed by atoms with E-state index >= 15 is 0 Å². The van der Waals surface area contributed by atoms with Gasteiger partial charge in [0.05, 0.1) is 35.4 Å². The molecule has 5 atom stereocenters. The predicted molar refractivity (Wildman–Crippen MR) is 212 cm³/mol. The maximum absolute atomic E-state index is 14.0. The summed E-state index contributed by atoms with van der Waals surface area (Å²) >= 11 is 0. The fourth-order valence-corrected chi connectivity index (χ4v) is 10.1. The highest BCUT2D eigenvalue weighted by atomic mass is 32.2. The number of nitrogens with one attached hydrogen (secondary N) is 2. The van der Waals surface area contributed by atoms with Crippen LogP contribution in [-0.2, 0) is 37.9 Å². The maximum atomic E-state index is 14.0. The number of phenols is 1. The topological polar surface area (TPSA) is 219 Å². The van der Waals surface area contributed by atoms with Gasteiger partial charge in [-0.15, -0.1) is 0 Å². The largest absolute Gasteiger partial charge is 0.504 e. The number of carbonyl (C=O) groups excluding carboxylic acids is 2. The number of amides is 1. The smallest absolute Gasteiger partial charge is 0.407 e. The van der Waals surface area contributed by atoms with Crippen molar-refractivity contribution >= 4 is 33.0 Å². The lowest BCUT2D eigenvalue weighted by Gasteiger charge is -2.56. The van der Waals surface area contributed by atoms with Crippen molar-refractivity contribution < 1.29 is 47.5 Å². The average Bonchev–Trinajstić information content (AvgIpc) is 3.56. The number of hydrogen-bond donors (Lipinski definition) is 5. The number of aromatic hydroxyl groups is 1. The number of aliphatic hydroxyl groups excluding tert-OH is 2. The van der Waals surface area contributed by atoms with Gasteiger partial charge in [0, 0.05) is 29.5 Å². The van der Waals surface area contributed by atoms with Crippen LogP contribution in [0.1, 0.15) is 51.8 Å². The molecule has 1 aromatic heterocycles. The Morgan fingerprint density at radius 1 is 1.12 bits per heavy atom. The van der Waals surface area contributed by atoms with Crippen LogP contribution in [0.2, 0.25) is 0 Å². The molecule has 2 bridgehead atoms. The first kappa shape index (κ1) is 40.9. The van der Waals surface area contributed by atoms with Crippen molar-refractivity contribution in [3.05, 3.63) is 98.6 Å². The Hall–Kier alpha value is -5.33. The van der Waals surface area contributed by atoms with Crippen molar-refractivity contribution in [1.82, 2.24) is 24.5 Å². The van der Waals surface area contributed by atoms with Crippen LogP contribution in [0, 0.1) is 19.8 Å². The Balaban J connectivity index is 0.000000203. The molecular weight excluding hydrogens is 771 g/mol. The van der Waals surface area contributed by atoms with E-state index in [1.54, 1.807) is 39.0 Å². The SMILES string of the molecule is CCOC(=O)c1c(C)cc2nc(COC(=O)NCCO)n(-c3ccccc3S(=O)(=O)NC)c(=O)c2c1C.CN1CC[C@]23c4c5ccc(O)c4O[C@H]2[C@@H](O)C=C[C@H]3[C@H]1C5. The summed E-state index contributed by atoms with van der Waals surface area (Å²) in [4.78, 5) is 45.4. The normalized spacial score (nSPS) is 22.7. The first-order valence-corrected chi connectivity index (χ1v) is 20.5. The molecule has 4 aromatic rings. The second-order valence-electron chi connectivity index (χ2n) is 14.8. The number of hydrogen-bond acceptors (Lipinski definition) is 13. The van der Waals surface area contributed by atoms with E-state index in [2.05, 4.69) is 33.0 Å². The first-order chi connectivity index (χ1) is 27.7. The van der Waals surface area contributed by atoms with E-state index in [0.29, 0.717) is 28.8 Å². The number of esters is 1. The second kappa shape index (κ2) is 15.8. The number of aromatic nitrogens is 2. The van der Waals surface area contributed by atoms with Crippen LogP contribution in [0.4, 0.5) is 4.79 Å². The molecule has 58 heavy (non-hydrogen) atoms. The number of carbonyl (C=O) groups is 2. The van der Waals surface area contributed by atoms with Crippen LogP contribution in [0.5, 0.6) is 11.5 Å². The van der Waals surface area contributed by atoms with Crippen LogP contribution in [-0.4, -0.2) is 109 Å². The van der Waals surface area contributed by atoms with Gasteiger partial charge < -0.3 is 39.7 Å². The third kappa shape index (κ3) is 6.69. The fraction of sp³-hybridized carbons (Fsp3) is 0.415. The molecule has 1 spiro atoms. The molecule has 1 fully saturated rings. The monoisotopic (exact) mass is 817 g/mol. The molecule has 3 heterocycles. The van der Waals surface area contributed by atoms with Crippen LogP contribution in [0.25, 0.3) is 16.6 Å². The zero-order valence-electron chi connectivity index (χ0n) is 32.8. The zero-order valence-corrected chi connectivity index (χ0v) is 33.6. The van der Waals surface area contributed by atoms with Crippen molar-refractivity contribution in [3.8, 4) is 17.2 Å². The van der Waals surface area contributed by atoms with E-state index in [1.165, 1.54) is 36.4 Å². The lowest BCUT2D eigenvalue weighted by Crippen LogP contribution is -2.64. The number of phenolic OH excluding ortho intramolecular Hbond substituents is 1. The number of ether oxygens (including phenoxy) is 3. The molecule has 0 radical (unpaired) electrons. The molecular formula is C41H47N5O11S. The third-order valence-corrected chi connectivity index (χ3v) is 13.1. The summed E-state index contributed by atoms with van der Waals surface area (Å²) in [7, 11) is -0.587. The van der Waals surface area contributed by atoms with Crippen molar-refractivity contribution in [2.24, 2.45) is 5.92 Å². The van der Waals surface area contributed by atoms with Gasteiger partial charge in [-0.2, -0.15) is 0 Å². The van der Waals surface area contributed by atoms with Crippen molar-refractivity contribution in [1.29, 1.82) is 0 Å². The molecule has 16 nitrogen and oxygen atoms in total. The first-order valence-electron chi connectivity index (χ1n) is 19.1. The molecule has 308 valence electrons. The Bertz CT molecular complexity index is 2500. The number of benzene rings is 3. The molecule has 1 saturated heterocycles. The fourth-order valence-electron chi connectivity index (χ4n) is 9.16. The molecule has 8 rings (SSSR count). The van der Waals surface area contributed by atoms with Gasteiger partial charge in [-0.1, -0.05) is 30.4 Å². The summed E-state index contributed by atoms with van der Waals surface area (Å²) in [6, 6.07) is 11.6. The van der Waals surface area contributed by atoms with Crippen molar-refractivity contribution in [2.75, 3.05) is 40.4 Å². The Morgan fingerprint density at radius 3 is 2.60 bits per heavy atom. The molecule has 17 heteroatoms. The van der Waals surface area contributed by atoms with Crippen LogP contribution < -0.4 is 20.3 Å². The molecule has 2 aliphatic heterocycles. The molecule has 2 aliphatic carbocycles. The third-order valence-electron chi connectivity index (χ3n) is 11.7. The maximum Gasteiger partial charge on any atom is 0.407 e. The van der Waals surface area contributed by atoms with E-state index in [-0.39, 0.29) is 69.9 Å². The van der Waals surface area contributed by atoms with Gasteiger partial charge in [0.1, 0.15) is 17.1 Å². The molecule has 0 unspecified atom stereocenters. The number of piperidine rings is 1. The molecule has 5 N–H and O–H groups in total. The predicted octanol–water partition coefficient (Wildman–Crippen LogP) is 2.50. The van der Waals surface area contributed by atoms with E-state index in [9.17, 15) is 33.0 Å². The highest BCUT2D eigenvalue weighted by molar-refractivity contribution is 7.89. The van der Waals surface area contributed by atoms with Gasteiger partial charge in [0.25, 0.3) is 5.56 Å². The minimum absolute atomic E-state index is 0.0247. The Kier molecular flexibility index (Phi) is 11.1. The van der Waals surface area contributed by atoms with Gasteiger partial charge in [-0.3, -0.25) is 9.36 Å². The average molecular weight is 818 g/mol. The lowest BCUT2D eigenvalue weighted by atomic mass is 9.53. The summed E-state index contributed by atoms with van der Waals surface area (Å²) in [5, 5.41) is 32.0. The van der Waals surface area contributed by atoms with E-state index < -0.39 is 40.4 Å². The summed E-state index contributed by atoms with van der Waals surface area (Å²) in [6.45, 7) is 5.25. The summed E-state index contributed by atoms with van der Waals surface area (Å²) < 4.78 is 45.2. The molecule has 1 amide bonds. The van der Waals surface area contributed by atoms with Crippen molar-refractivity contribution in [2.45, 2.75) is 68.8 Å². The van der Waals surface area contributed by atoms with E-state index in [4.69, 9.17) is 19.3 Å². The van der Waals surface area contributed by atoms with Crippen LogP contribution >= 0.6 is 0 Å². The highest BCUT2D eigenvalue weighted by Gasteiger charge is 2.64. The zero-order chi connectivity index (χ0) is 41.7. The minimum Gasteiger partial charge on any atom is -0.504 e. The number of sulfonamides is 1. The Labute approximate surface area is 335 Å². The number of fused-ring (bicyclic) bond motifs is 1. The van der Waals surface area contributed by atoms with Gasteiger partial charge in [-0.25, -0.2) is 27.7 Å². The van der Waals surface area contributed by atoms with E-state index in [1.807, 2.05) is 12.1 Å². The number of alkyl carbamates (subject to hydrolysis) is 1. The summed E-state index contributed by atoms with van der Waals surface area (Å²) in [5.74, 6) is 0.531. The summed E-state index contributed by atoms with van der Waals surface area (Å²) in [5.41, 5.74) is 2.89. The number of aliphatic hydroxyl groups is 2. The van der Waals surface area contributed by atoms with Gasteiger partial charge in [0.15, 0.2) is 23.9 Å². The molecule has 3 aromatic carbocycles. The number of para-hydroxylation sites is 1. The highest BCUT2D eigenvalue weighted by Crippen LogP contribution is 2.62. The second-order valence-corrected chi connectivity index (χ2v) is 16.7. The number of likely N-dealkylation sites (tertiary alicyclic amines) is 1.